The Balaban J connectivity index is 1.63. The van der Waals surface area contributed by atoms with Crippen LogP contribution in [0.5, 0.6) is 0 Å². The number of hydrogen-bond donors (Lipinski definition) is 0. The lowest BCUT2D eigenvalue weighted by atomic mass is 9.96. The summed E-state index contributed by atoms with van der Waals surface area (Å²) in [5.74, 6) is -3.52. The summed E-state index contributed by atoms with van der Waals surface area (Å²) in [6.07, 6.45) is -4.69. The van der Waals surface area contributed by atoms with Crippen molar-refractivity contribution in [2.75, 3.05) is 6.61 Å². The molecule has 12 heteroatoms. The number of ether oxygens (including phenoxy) is 5. The Bertz CT molecular complexity index is 2100. The molecule has 0 spiro atoms. The zero-order valence-electron chi connectivity index (χ0n) is 24.1. The summed E-state index contributed by atoms with van der Waals surface area (Å²) in [5.41, 5.74) is 2.81. The molecule has 3 aromatic carbocycles. The second-order valence-electron chi connectivity index (χ2n) is 10.9. The lowest BCUT2D eigenvalue weighted by Gasteiger charge is -2.41. The molecular formula is C32H26N2O10. The van der Waals surface area contributed by atoms with E-state index in [0.29, 0.717) is 32.7 Å². The van der Waals surface area contributed by atoms with Gasteiger partial charge in [0.05, 0.1) is 34.3 Å². The molecule has 2 aliphatic heterocycles. The monoisotopic (exact) mass is 598 g/mol. The van der Waals surface area contributed by atoms with Gasteiger partial charge in [0.1, 0.15) is 0 Å². The molecule has 0 N–H and O–H groups in total. The molecule has 1 saturated heterocycles. The van der Waals surface area contributed by atoms with Gasteiger partial charge in [0.2, 0.25) is 0 Å². The number of para-hydroxylation sites is 2. The average molecular weight is 599 g/mol. The Morgan fingerprint density at radius 1 is 0.727 bits per heavy atom. The number of carbonyl (C=O) groups is 5. The van der Waals surface area contributed by atoms with Gasteiger partial charge in [0, 0.05) is 54.9 Å². The third-order valence-corrected chi connectivity index (χ3v) is 8.16. The van der Waals surface area contributed by atoms with Gasteiger partial charge < -0.3 is 32.8 Å². The molecule has 4 atom stereocenters. The zero-order valence-corrected chi connectivity index (χ0v) is 24.1. The largest absolute Gasteiger partial charge is 0.456 e. The van der Waals surface area contributed by atoms with E-state index in [4.69, 9.17) is 23.7 Å². The molecule has 0 unspecified atom stereocenters. The number of carbonyl (C=O) groups excluding carboxylic acids is 5. The SMILES string of the molecule is CC(=O)O[C@@H]1[C@H](OC(C)=O)[C@H](OC(C)=O)CO[C@H]1n1c2ccccc2c2c3c(c4c5ccccc5n(C)c4c21)C(=O)OC3=O. The van der Waals surface area contributed by atoms with Crippen LogP contribution >= 0.6 is 0 Å². The quantitative estimate of drug-likeness (QED) is 0.169. The lowest BCUT2D eigenvalue weighted by Crippen LogP contribution is -2.55. The normalized spacial score (nSPS) is 21.5. The van der Waals surface area contributed by atoms with Crippen LogP contribution < -0.4 is 0 Å². The summed E-state index contributed by atoms with van der Waals surface area (Å²) in [5, 5.41) is 2.34. The minimum atomic E-state index is -1.28. The molecule has 12 nitrogen and oxygen atoms in total. The Kier molecular flexibility index (Phi) is 6.22. The second-order valence-corrected chi connectivity index (χ2v) is 10.9. The molecule has 0 radical (unpaired) electrons. The first-order valence-electron chi connectivity index (χ1n) is 13.9. The predicted octanol–water partition coefficient (Wildman–Crippen LogP) is 4.07. The van der Waals surface area contributed by atoms with Gasteiger partial charge in [0.25, 0.3) is 0 Å². The summed E-state index contributed by atoms with van der Waals surface area (Å²) in [6, 6.07) is 14.7. The number of hydrogen-bond acceptors (Lipinski definition) is 10. The van der Waals surface area contributed by atoms with Gasteiger partial charge >= 0.3 is 29.8 Å². The first-order chi connectivity index (χ1) is 21.1. The van der Waals surface area contributed by atoms with E-state index in [1.54, 1.807) is 16.7 Å². The number of fused-ring (bicyclic) bond motifs is 10. The molecule has 4 heterocycles. The van der Waals surface area contributed by atoms with Gasteiger partial charge in [-0.25, -0.2) is 9.59 Å². The first-order valence-corrected chi connectivity index (χ1v) is 13.9. The molecule has 5 aromatic rings. The van der Waals surface area contributed by atoms with E-state index >= 15 is 0 Å². The molecule has 1 fully saturated rings. The van der Waals surface area contributed by atoms with Crippen LogP contribution in [0.25, 0.3) is 43.6 Å². The standard InChI is InChI=1S/C32H26N2O10/c1-14(35)41-21-13-40-30(29(43-16(3)37)28(21)42-15(2)36)34-20-12-8-6-10-18(20)23-25-24(31(38)44-32(25)39)22-17-9-5-7-11-19(17)33(4)26(22)27(23)34/h5-12,21,28-30H,13H2,1-4H3/t21-,28-,29-,30-/m1/s1. The van der Waals surface area contributed by atoms with Crippen LogP contribution in [0.3, 0.4) is 0 Å². The summed E-state index contributed by atoms with van der Waals surface area (Å²) in [6.45, 7) is 3.42. The highest BCUT2D eigenvalue weighted by atomic mass is 16.6. The van der Waals surface area contributed by atoms with E-state index in [2.05, 4.69) is 0 Å². The predicted molar refractivity (Wildman–Crippen MR) is 155 cm³/mol. The number of aromatic nitrogens is 2. The zero-order chi connectivity index (χ0) is 31.0. The van der Waals surface area contributed by atoms with Crippen LogP contribution in [0.2, 0.25) is 0 Å². The van der Waals surface area contributed by atoms with Crippen LogP contribution in [-0.2, 0) is 45.1 Å². The number of aryl methyl sites for hydroxylation is 1. The molecule has 0 saturated carbocycles. The Labute approximate surface area is 248 Å². The van der Waals surface area contributed by atoms with Gasteiger partial charge in [-0.2, -0.15) is 0 Å². The van der Waals surface area contributed by atoms with Crippen LogP contribution in [0.4, 0.5) is 0 Å². The van der Waals surface area contributed by atoms with E-state index in [9.17, 15) is 24.0 Å². The maximum Gasteiger partial charge on any atom is 0.347 e. The fourth-order valence-corrected chi connectivity index (χ4v) is 6.73. The van der Waals surface area contributed by atoms with Gasteiger partial charge in [-0.15, -0.1) is 0 Å². The van der Waals surface area contributed by atoms with E-state index in [0.717, 1.165) is 10.9 Å². The number of benzene rings is 3. The summed E-state index contributed by atoms with van der Waals surface area (Å²) >= 11 is 0. The molecule has 44 heavy (non-hydrogen) atoms. The number of rotatable bonds is 4. The van der Waals surface area contributed by atoms with Gasteiger partial charge in [-0.1, -0.05) is 36.4 Å². The van der Waals surface area contributed by atoms with Crippen LogP contribution in [0.1, 0.15) is 47.7 Å². The highest BCUT2D eigenvalue weighted by molar-refractivity contribution is 6.37. The van der Waals surface area contributed by atoms with Crippen molar-refractivity contribution in [3.05, 3.63) is 59.7 Å². The molecule has 0 bridgehead atoms. The van der Waals surface area contributed by atoms with Gasteiger partial charge in [0.15, 0.2) is 24.5 Å². The van der Waals surface area contributed by atoms with Crippen molar-refractivity contribution in [2.24, 2.45) is 7.05 Å². The Hall–Kier alpha value is -5.23. The second kappa shape index (κ2) is 9.91. The van der Waals surface area contributed by atoms with Crippen molar-refractivity contribution in [1.82, 2.24) is 9.13 Å². The van der Waals surface area contributed by atoms with E-state index in [1.165, 1.54) is 20.8 Å². The van der Waals surface area contributed by atoms with Crippen molar-refractivity contribution < 1.29 is 47.7 Å². The van der Waals surface area contributed by atoms with Crippen molar-refractivity contribution in [1.29, 1.82) is 0 Å². The fourth-order valence-electron chi connectivity index (χ4n) is 6.73. The first kappa shape index (κ1) is 27.6. The highest BCUT2D eigenvalue weighted by Gasteiger charge is 2.49. The van der Waals surface area contributed by atoms with Crippen molar-refractivity contribution >= 4 is 73.5 Å². The van der Waals surface area contributed by atoms with E-state index in [-0.39, 0.29) is 17.7 Å². The molecule has 0 aliphatic carbocycles. The molecule has 7 rings (SSSR count). The smallest absolute Gasteiger partial charge is 0.347 e. The maximum absolute atomic E-state index is 13.4. The number of nitrogens with zero attached hydrogens (tertiary/aromatic N) is 2. The summed E-state index contributed by atoms with van der Waals surface area (Å²) in [4.78, 5) is 63.3. The van der Waals surface area contributed by atoms with Crippen LogP contribution in [0.15, 0.2) is 48.5 Å². The maximum atomic E-state index is 13.4. The summed E-state index contributed by atoms with van der Waals surface area (Å²) < 4.78 is 32.1. The lowest BCUT2D eigenvalue weighted by molar-refractivity contribution is -0.238. The molecular weight excluding hydrogens is 572 g/mol. The van der Waals surface area contributed by atoms with Crippen molar-refractivity contribution in [2.45, 2.75) is 45.3 Å². The van der Waals surface area contributed by atoms with Gasteiger partial charge in [-0.3, -0.25) is 14.4 Å². The third-order valence-electron chi connectivity index (χ3n) is 8.16. The fraction of sp³-hybridized carbons (Fsp3) is 0.281. The number of esters is 5. The van der Waals surface area contributed by atoms with Crippen molar-refractivity contribution in [3.63, 3.8) is 0 Å². The topological polar surface area (TPSA) is 141 Å². The average Bonchev–Trinajstić information content (AvgIpc) is 3.57. The van der Waals surface area contributed by atoms with Crippen molar-refractivity contribution in [3.8, 4) is 0 Å². The van der Waals surface area contributed by atoms with E-state index < -0.39 is 54.4 Å². The minimum absolute atomic E-state index is 0.123. The Morgan fingerprint density at radius 3 is 1.86 bits per heavy atom. The third kappa shape index (κ3) is 3.90. The molecule has 2 aromatic heterocycles. The molecule has 224 valence electrons. The van der Waals surface area contributed by atoms with E-state index in [1.807, 2.05) is 48.0 Å². The minimum Gasteiger partial charge on any atom is -0.456 e. The number of cyclic esters (lactones) is 2. The molecule has 2 aliphatic rings. The highest BCUT2D eigenvalue weighted by Crippen LogP contribution is 2.47. The van der Waals surface area contributed by atoms with Crippen LogP contribution in [-0.4, -0.2) is 63.9 Å². The Morgan fingerprint density at radius 2 is 1.25 bits per heavy atom. The van der Waals surface area contributed by atoms with Gasteiger partial charge in [-0.05, 0) is 12.1 Å². The summed E-state index contributed by atoms with van der Waals surface area (Å²) in [7, 11) is 1.85. The molecule has 0 amide bonds. The van der Waals surface area contributed by atoms with Crippen LogP contribution in [0, 0.1) is 0 Å².